The van der Waals surface area contributed by atoms with Gasteiger partial charge in [-0.2, -0.15) is 5.10 Å². The topological polar surface area (TPSA) is 83.8 Å². The lowest BCUT2D eigenvalue weighted by atomic mass is 9.98. The van der Waals surface area contributed by atoms with Crippen LogP contribution in [0, 0.1) is 5.92 Å². The summed E-state index contributed by atoms with van der Waals surface area (Å²) in [6, 6.07) is 10.3. The molecule has 1 unspecified atom stereocenters. The number of ether oxygens (including phenoxy) is 1. The van der Waals surface area contributed by atoms with Crippen LogP contribution in [-0.4, -0.2) is 65.6 Å². The molecule has 9 heteroatoms. The number of benzene rings is 1. The third-order valence-corrected chi connectivity index (χ3v) is 5.36. The van der Waals surface area contributed by atoms with Crippen LogP contribution in [0.1, 0.15) is 39.2 Å². The molecule has 3 rings (SSSR count). The van der Waals surface area contributed by atoms with Gasteiger partial charge in [-0.3, -0.25) is 4.99 Å². The Labute approximate surface area is 214 Å². The fraction of sp³-hybridized carbons (Fsp3) is 0.542. The van der Waals surface area contributed by atoms with Crippen molar-refractivity contribution in [3.05, 3.63) is 48.3 Å². The van der Waals surface area contributed by atoms with E-state index in [-0.39, 0.29) is 30.1 Å². The van der Waals surface area contributed by atoms with Crippen molar-refractivity contribution < 1.29 is 9.53 Å². The molecule has 2 aromatic rings. The summed E-state index contributed by atoms with van der Waals surface area (Å²) in [5, 5.41) is 11.0. The fourth-order valence-corrected chi connectivity index (χ4v) is 3.75. The van der Waals surface area contributed by atoms with E-state index in [4.69, 9.17) is 4.74 Å². The normalized spacial score (nSPS) is 16.7. The lowest BCUT2D eigenvalue weighted by molar-refractivity contribution is 0.0168. The van der Waals surface area contributed by atoms with Crippen molar-refractivity contribution in [1.82, 2.24) is 25.3 Å². The van der Waals surface area contributed by atoms with Gasteiger partial charge in [-0.1, -0.05) is 12.1 Å². The third-order valence-electron chi connectivity index (χ3n) is 5.36. The Morgan fingerprint density at radius 2 is 2.00 bits per heavy atom. The van der Waals surface area contributed by atoms with Crippen LogP contribution < -0.4 is 10.6 Å². The summed E-state index contributed by atoms with van der Waals surface area (Å²) in [5.41, 5.74) is 1.84. The number of amides is 1. The number of hydrogen-bond acceptors (Lipinski definition) is 4. The average Bonchev–Trinajstić information content (AvgIpc) is 3.30. The highest BCUT2D eigenvalue weighted by molar-refractivity contribution is 14.0. The molecular formula is C24H37IN6O2. The van der Waals surface area contributed by atoms with Gasteiger partial charge >= 0.3 is 6.09 Å². The zero-order valence-electron chi connectivity index (χ0n) is 20.1. The second-order valence-electron chi connectivity index (χ2n) is 9.18. The van der Waals surface area contributed by atoms with Gasteiger partial charge in [0.1, 0.15) is 5.60 Å². The predicted octanol–water partition coefficient (Wildman–Crippen LogP) is 3.84. The van der Waals surface area contributed by atoms with Crippen molar-refractivity contribution >= 4 is 36.0 Å². The minimum absolute atomic E-state index is 0. The van der Waals surface area contributed by atoms with Crippen LogP contribution in [0.3, 0.4) is 0 Å². The number of piperidine rings is 1. The molecule has 1 fully saturated rings. The smallest absolute Gasteiger partial charge is 0.410 e. The van der Waals surface area contributed by atoms with Crippen molar-refractivity contribution in [2.75, 3.05) is 33.2 Å². The molecule has 1 aromatic carbocycles. The van der Waals surface area contributed by atoms with Crippen LogP contribution >= 0.6 is 24.0 Å². The summed E-state index contributed by atoms with van der Waals surface area (Å²) in [4.78, 5) is 18.5. The van der Waals surface area contributed by atoms with Crippen LogP contribution in [0.2, 0.25) is 0 Å². The Morgan fingerprint density at radius 3 is 2.64 bits per heavy atom. The number of nitrogens with zero attached hydrogens (tertiary/aromatic N) is 4. The maximum atomic E-state index is 12.4. The number of carbonyl (C=O) groups excluding carboxylic acids is 1. The molecule has 0 aliphatic carbocycles. The Kier molecular flexibility index (Phi) is 10.5. The lowest BCUT2D eigenvalue weighted by Crippen LogP contribution is -2.47. The van der Waals surface area contributed by atoms with E-state index in [0.29, 0.717) is 12.5 Å². The Morgan fingerprint density at radius 1 is 1.24 bits per heavy atom. The van der Waals surface area contributed by atoms with E-state index in [1.54, 1.807) is 13.2 Å². The Hall–Kier alpha value is -2.30. The molecule has 0 radical (unpaired) electrons. The minimum Gasteiger partial charge on any atom is -0.444 e. The van der Waals surface area contributed by atoms with E-state index in [1.807, 2.05) is 42.6 Å². The number of hydrogen-bond donors (Lipinski definition) is 2. The first-order chi connectivity index (χ1) is 15.3. The standard InChI is InChI=1S/C24H36N6O2.HI/c1-24(2,3)32-23(31)29-15-5-7-20(18-29)17-27-22(25-4)26-14-12-19-8-10-21(11-9-19)30-16-6-13-28-30;/h6,8-11,13,16,20H,5,7,12,14-15,17-18H2,1-4H3,(H2,25,26,27);1H. The van der Waals surface area contributed by atoms with E-state index in [2.05, 4.69) is 45.0 Å². The van der Waals surface area contributed by atoms with Crippen LogP contribution in [0.4, 0.5) is 4.79 Å². The predicted molar refractivity (Wildman–Crippen MR) is 143 cm³/mol. The molecule has 2 heterocycles. The number of guanidine groups is 1. The van der Waals surface area contributed by atoms with E-state index in [9.17, 15) is 4.79 Å². The van der Waals surface area contributed by atoms with Gasteiger partial charge in [0.15, 0.2) is 5.96 Å². The summed E-state index contributed by atoms with van der Waals surface area (Å²) in [7, 11) is 1.78. The third kappa shape index (κ3) is 8.87. The van der Waals surface area contributed by atoms with Gasteiger partial charge < -0.3 is 20.3 Å². The van der Waals surface area contributed by atoms with Crippen molar-refractivity contribution in [2.24, 2.45) is 10.9 Å². The van der Waals surface area contributed by atoms with E-state index in [0.717, 1.165) is 50.5 Å². The Balaban J connectivity index is 0.00000385. The van der Waals surface area contributed by atoms with Gasteiger partial charge in [0.05, 0.1) is 5.69 Å². The van der Waals surface area contributed by atoms with Crippen LogP contribution in [0.25, 0.3) is 5.69 Å². The minimum atomic E-state index is -0.465. The van der Waals surface area contributed by atoms with Gasteiger partial charge in [0.25, 0.3) is 0 Å². The number of carbonyl (C=O) groups is 1. The van der Waals surface area contributed by atoms with Crippen LogP contribution in [0.5, 0.6) is 0 Å². The summed E-state index contributed by atoms with van der Waals surface area (Å²) < 4.78 is 7.37. The van der Waals surface area contributed by atoms with Crippen molar-refractivity contribution in [3.8, 4) is 5.69 Å². The maximum Gasteiger partial charge on any atom is 0.410 e. The number of aromatic nitrogens is 2. The molecule has 0 saturated carbocycles. The summed E-state index contributed by atoms with van der Waals surface area (Å²) in [6.45, 7) is 8.73. The van der Waals surface area contributed by atoms with Gasteiger partial charge in [-0.15, -0.1) is 24.0 Å². The molecule has 1 saturated heterocycles. The summed E-state index contributed by atoms with van der Waals surface area (Å²) in [6.07, 6.45) is 6.47. The molecule has 1 atom stereocenters. The maximum absolute atomic E-state index is 12.4. The molecule has 33 heavy (non-hydrogen) atoms. The fourth-order valence-electron chi connectivity index (χ4n) is 3.75. The molecule has 182 valence electrons. The zero-order chi connectivity index (χ0) is 23.0. The van der Waals surface area contributed by atoms with Crippen LogP contribution in [0.15, 0.2) is 47.7 Å². The highest BCUT2D eigenvalue weighted by Gasteiger charge is 2.27. The Bertz CT molecular complexity index is 877. The second kappa shape index (κ2) is 12.8. The molecule has 1 aliphatic heterocycles. The SMILES string of the molecule is CN=C(NCCc1ccc(-n2cccn2)cc1)NCC1CCCN(C(=O)OC(C)(C)C)C1.I. The van der Waals surface area contributed by atoms with Gasteiger partial charge in [-0.05, 0) is 69.7 Å². The number of rotatable bonds is 6. The summed E-state index contributed by atoms with van der Waals surface area (Å²) in [5.74, 6) is 1.16. The molecule has 0 spiro atoms. The molecule has 2 N–H and O–H groups in total. The highest BCUT2D eigenvalue weighted by Crippen LogP contribution is 2.19. The molecule has 1 amide bonds. The average molecular weight is 569 g/mol. The molecule has 1 aromatic heterocycles. The quantitative estimate of drug-likeness (QED) is 0.315. The van der Waals surface area contributed by atoms with Crippen molar-refractivity contribution in [3.63, 3.8) is 0 Å². The number of nitrogens with one attached hydrogen (secondary N) is 2. The van der Waals surface area contributed by atoms with Gasteiger partial charge in [0, 0.05) is 45.6 Å². The highest BCUT2D eigenvalue weighted by atomic mass is 127. The molecule has 1 aliphatic rings. The monoisotopic (exact) mass is 568 g/mol. The van der Waals surface area contributed by atoms with Crippen LogP contribution in [-0.2, 0) is 11.2 Å². The first kappa shape index (κ1) is 26.9. The van der Waals surface area contributed by atoms with E-state index >= 15 is 0 Å². The molecular weight excluding hydrogens is 531 g/mol. The van der Waals surface area contributed by atoms with E-state index in [1.165, 1.54) is 5.56 Å². The first-order valence-corrected chi connectivity index (χ1v) is 11.4. The second-order valence-corrected chi connectivity index (χ2v) is 9.18. The van der Waals surface area contributed by atoms with Gasteiger partial charge in [-0.25, -0.2) is 9.48 Å². The number of halogens is 1. The summed E-state index contributed by atoms with van der Waals surface area (Å²) >= 11 is 0. The zero-order valence-corrected chi connectivity index (χ0v) is 22.4. The molecule has 8 nitrogen and oxygen atoms in total. The lowest BCUT2D eigenvalue weighted by Gasteiger charge is -2.34. The van der Waals surface area contributed by atoms with Crippen molar-refractivity contribution in [1.29, 1.82) is 0 Å². The molecule has 0 bridgehead atoms. The van der Waals surface area contributed by atoms with E-state index < -0.39 is 5.60 Å². The largest absolute Gasteiger partial charge is 0.444 e. The number of likely N-dealkylation sites (tertiary alicyclic amines) is 1. The number of aliphatic imine (C=N–C) groups is 1. The van der Waals surface area contributed by atoms with Crippen molar-refractivity contribution in [2.45, 2.75) is 45.6 Å². The van der Waals surface area contributed by atoms with Gasteiger partial charge in [0.2, 0.25) is 0 Å². The first-order valence-electron chi connectivity index (χ1n) is 11.4.